The van der Waals surface area contributed by atoms with E-state index >= 15 is 0 Å². The summed E-state index contributed by atoms with van der Waals surface area (Å²) < 4.78 is 4.91. The van der Waals surface area contributed by atoms with Crippen LogP contribution in [0.25, 0.3) is 0 Å². The minimum atomic E-state index is -1.10. The molecule has 0 fully saturated rings. The zero-order chi connectivity index (χ0) is 12.1. The number of aliphatic hydroxyl groups is 1. The Bertz CT molecular complexity index is 362. The first kappa shape index (κ1) is 12.1. The van der Waals surface area contributed by atoms with Gasteiger partial charge in [-0.05, 0) is 6.08 Å². The molecule has 0 bridgehead atoms. The van der Waals surface area contributed by atoms with E-state index in [1.807, 2.05) is 0 Å². The van der Waals surface area contributed by atoms with Gasteiger partial charge in [0.15, 0.2) is 5.76 Å². The number of nitrogens with zero attached hydrogens (tertiary/aromatic N) is 2. The summed E-state index contributed by atoms with van der Waals surface area (Å²) in [5.74, 6) is -0.0304. The van der Waals surface area contributed by atoms with Gasteiger partial charge in [-0.3, -0.25) is 20.2 Å². The lowest BCUT2D eigenvalue weighted by Crippen LogP contribution is -2.22. The van der Waals surface area contributed by atoms with Crippen LogP contribution in [0.1, 0.15) is 6.42 Å². The molecule has 1 unspecified atom stereocenters. The Labute approximate surface area is 90.1 Å². The zero-order valence-electron chi connectivity index (χ0n) is 8.24. The largest absolute Gasteiger partial charge is 0.485 e. The number of aliphatic hydroxyl groups excluding tert-OH is 1. The van der Waals surface area contributed by atoms with Crippen LogP contribution in [0.3, 0.4) is 0 Å². The lowest BCUT2D eigenvalue weighted by Gasteiger charge is -2.12. The average Bonchev–Trinajstić information content (AvgIpc) is 2.25. The fourth-order valence-corrected chi connectivity index (χ4v) is 1.25. The van der Waals surface area contributed by atoms with Crippen molar-refractivity contribution >= 4 is 0 Å². The molecular formula is C8H10N2O6. The molecule has 1 rings (SSSR count). The molecule has 0 aromatic carbocycles. The fourth-order valence-electron chi connectivity index (χ4n) is 1.25. The maximum atomic E-state index is 10.6. The van der Waals surface area contributed by atoms with Gasteiger partial charge in [-0.25, -0.2) is 0 Å². The van der Waals surface area contributed by atoms with E-state index < -0.39 is 21.6 Å². The molecule has 1 aliphatic rings. The molecule has 88 valence electrons. The summed E-state index contributed by atoms with van der Waals surface area (Å²) in [6.45, 7) is -0.360. The molecule has 0 saturated carbocycles. The van der Waals surface area contributed by atoms with Crippen LogP contribution in [-0.2, 0) is 4.74 Å². The van der Waals surface area contributed by atoms with E-state index in [9.17, 15) is 20.2 Å². The summed E-state index contributed by atoms with van der Waals surface area (Å²) in [7, 11) is 0. The Hall–Kier alpha value is -1.96. The van der Waals surface area contributed by atoms with Gasteiger partial charge in [0.2, 0.25) is 6.04 Å². The van der Waals surface area contributed by atoms with E-state index in [1.165, 1.54) is 6.08 Å². The van der Waals surface area contributed by atoms with E-state index in [2.05, 4.69) is 0 Å². The Morgan fingerprint density at radius 1 is 1.50 bits per heavy atom. The average molecular weight is 230 g/mol. The quantitative estimate of drug-likeness (QED) is 0.528. The van der Waals surface area contributed by atoms with Crippen molar-refractivity contribution in [2.45, 2.75) is 12.5 Å². The Morgan fingerprint density at radius 2 is 2.19 bits per heavy atom. The normalized spacial score (nSPS) is 19.7. The van der Waals surface area contributed by atoms with Gasteiger partial charge in [0.25, 0.3) is 0 Å². The second-order valence-corrected chi connectivity index (χ2v) is 3.04. The monoisotopic (exact) mass is 230 g/mol. The van der Waals surface area contributed by atoms with E-state index in [4.69, 9.17) is 9.84 Å². The first-order valence-electron chi connectivity index (χ1n) is 4.50. The third-order valence-corrected chi connectivity index (χ3v) is 1.96. The van der Waals surface area contributed by atoms with Crippen LogP contribution in [0.15, 0.2) is 23.6 Å². The van der Waals surface area contributed by atoms with Crippen molar-refractivity contribution in [1.29, 1.82) is 0 Å². The summed E-state index contributed by atoms with van der Waals surface area (Å²) in [4.78, 5) is 19.8. The third-order valence-electron chi connectivity index (χ3n) is 1.96. The van der Waals surface area contributed by atoms with Gasteiger partial charge in [0, 0.05) is 11.3 Å². The van der Waals surface area contributed by atoms with Crippen molar-refractivity contribution in [3.63, 3.8) is 0 Å². The minimum absolute atomic E-state index is 0.0304. The van der Waals surface area contributed by atoms with Gasteiger partial charge < -0.3 is 9.84 Å². The number of rotatable bonds is 5. The molecule has 8 heteroatoms. The first-order valence-corrected chi connectivity index (χ1v) is 4.50. The van der Waals surface area contributed by atoms with Gasteiger partial charge in [0.1, 0.15) is 6.61 Å². The number of hydrogen-bond donors (Lipinski definition) is 1. The highest BCUT2D eigenvalue weighted by Crippen LogP contribution is 2.21. The van der Waals surface area contributed by atoms with Crippen LogP contribution in [0.2, 0.25) is 0 Å². The molecule has 1 N–H and O–H groups in total. The lowest BCUT2D eigenvalue weighted by molar-refractivity contribution is -0.511. The van der Waals surface area contributed by atoms with Crippen LogP contribution in [0.4, 0.5) is 0 Å². The number of ether oxygens (including phenoxy) is 1. The van der Waals surface area contributed by atoms with Crippen LogP contribution in [-0.4, -0.2) is 34.2 Å². The summed E-state index contributed by atoms with van der Waals surface area (Å²) in [6.07, 6.45) is 2.29. The highest BCUT2D eigenvalue weighted by Gasteiger charge is 2.31. The van der Waals surface area contributed by atoms with E-state index in [1.54, 1.807) is 0 Å². The second-order valence-electron chi connectivity index (χ2n) is 3.04. The van der Waals surface area contributed by atoms with Crippen molar-refractivity contribution < 1.29 is 19.7 Å². The van der Waals surface area contributed by atoms with Gasteiger partial charge >= 0.3 is 5.70 Å². The van der Waals surface area contributed by atoms with Crippen molar-refractivity contribution in [1.82, 2.24) is 0 Å². The molecule has 0 saturated heterocycles. The molecule has 0 aromatic rings. The minimum Gasteiger partial charge on any atom is -0.485 e. The Balaban J connectivity index is 2.84. The standard InChI is InChI=1S/C8H10N2O6/c11-3-4-16-8-2-1-6(9(12)13)5-7(8)10(14)15/h2,5-6,11H,1,3-4H2. The van der Waals surface area contributed by atoms with E-state index in [-0.39, 0.29) is 25.4 Å². The van der Waals surface area contributed by atoms with Crippen LogP contribution in [0, 0.1) is 20.2 Å². The molecule has 1 aliphatic carbocycles. The summed E-state index contributed by atoms with van der Waals surface area (Å²) in [6, 6.07) is -1.10. The lowest BCUT2D eigenvalue weighted by atomic mass is 10.1. The molecule has 0 aromatic heterocycles. The molecule has 8 nitrogen and oxygen atoms in total. The third kappa shape index (κ3) is 2.76. The van der Waals surface area contributed by atoms with Crippen LogP contribution < -0.4 is 0 Å². The predicted octanol–water partition coefficient (Wildman–Crippen LogP) is 0.0888. The van der Waals surface area contributed by atoms with Gasteiger partial charge in [-0.1, -0.05) is 0 Å². The van der Waals surface area contributed by atoms with Crippen molar-refractivity contribution in [3.8, 4) is 0 Å². The first-order chi connectivity index (χ1) is 7.56. The van der Waals surface area contributed by atoms with E-state index in [0.717, 1.165) is 6.08 Å². The maximum Gasteiger partial charge on any atom is 0.313 e. The van der Waals surface area contributed by atoms with Crippen molar-refractivity contribution in [3.05, 3.63) is 43.8 Å². The molecule has 0 radical (unpaired) electrons. The smallest absolute Gasteiger partial charge is 0.313 e. The summed E-state index contributed by atoms with van der Waals surface area (Å²) >= 11 is 0. The molecule has 0 amide bonds. The molecule has 16 heavy (non-hydrogen) atoms. The van der Waals surface area contributed by atoms with Gasteiger partial charge in [-0.15, -0.1) is 0 Å². The Morgan fingerprint density at radius 3 is 2.69 bits per heavy atom. The van der Waals surface area contributed by atoms with E-state index in [0.29, 0.717) is 0 Å². The number of hydrogen-bond acceptors (Lipinski definition) is 6. The molecule has 0 heterocycles. The second kappa shape index (κ2) is 5.21. The number of nitro groups is 2. The summed E-state index contributed by atoms with van der Waals surface area (Å²) in [5.41, 5.74) is -0.429. The van der Waals surface area contributed by atoms with Crippen molar-refractivity contribution in [2.75, 3.05) is 13.2 Å². The summed E-state index contributed by atoms with van der Waals surface area (Å²) in [5, 5.41) is 29.6. The SMILES string of the molecule is O=[N+]([O-])C1=CC([N+](=O)[O-])CC=C1OCCO. The highest BCUT2D eigenvalue weighted by atomic mass is 16.6. The predicted molar refractivity (Wildman–Crippen MR) is 51.6 cm³/mol. The topological polar surface area (TPSA) is 116 Å². The molecule has 1 atom stereocenters. The maximum absolute atomic E-state index is 10.6. The van der Waals surface area contributed by atoms with Gasteiger partial charge in [-0.2, -0.15) is 0 Å². The van der Waals surface area contributed by atoms with Crippen LogP contribution in [0.5, 0.6) is 0 Å². The molecular weight excluding hydrogens is 220 g/mol. The van der Waals surface area contributed by atoms with Gasteiger partial charge in [0.05, 0.1) is 17.6 Å². The highest BCUT2D eigenvalue weighted by molar-refractivity contribution is 5.25. The Kier molecular flexibility index (Phi) is 3.95. The zero-order valence-corrected chi connectivity index (χ0v) is 8.24. The molecule has 0 spiro atoms. The van der Waals surface area contributed by atoms with Crippen LogP contribution >= 0.6 is 0 Å². The van der Waals surface area contributed by atoms with Crippen molar-refractivity contribution in [2.24, 2.45) is 0 Å². The fraction of sp³-hybridized carbons (Fsp3) is 0.500. The molecule has 0 aliphatic heterocycles.